The van der Waals surface area contributed by atoms with Crippen LogP contribution in [0.15, 0.2) is 28.0 Å². The molecule has 0 aliphatic rings. The minimum absolute atomic E-state index is 0.0574. The average molecular weight is 379 g/mol. The van der Waals surface area contributed by atoms with Gasteiger partial charge in [-0.25, -0.2) is 16.8 Å². The van der Waals surface area contributed by atoms with Crippen molar-refractivity contribution in [3.05, 3.63) is 18.2 Å². The summed E-state index contributed by atoms with van der Waals surface area (Å²) in [5.41, 5.74) is 0. The second kappa shape index (κ2) is 7.49. The number of benzene rings is 1. The van der Waals surface area contributed by atoms with Gasteiger partial charge in [-0.05, 0) is 30.5 Å². The van der Waals surface area contributed by atoms with E-state index in [1.807, 2.05) is 0 Å². The Morgan fingerprint density at radius 1 is 1.25 bits per heavy atom. The van der Waals surface area contributed by atoms with Crippen molar-refractivity contribution in [3.8, 4) is 5.75 Å². The summed E-state index contributed by atoms with van der Waals surface area (Å²) in [5, 5.41) is 9.19. The van der Waals surface area contributed by atoms with E-state index in [9.17, 15) is 26.7 Å². The van der Waals surface area contributed by atoms with Crippen molar-refractivity contribution < 1.29 is 31.5 Å². The molecule has 1 atom stereocenters. The molecule has 24 heavy (non-hydrogen) atoms. The first-order valence-corrected chi connectivity index (χ1v) is 10.4. The molecule has 0 aliphatic carbocycles. The first kappa shape index (κ1) is 20.4. The lowest BCUT2D eigenvalue weighted by atomic mass is 10.1. The maximum atomic E-state index is 12.5. The monoisotopic (exact) mass is 379 g/mol. The lowest BCUT2D eigenvalue weighted by Gasteiger charge is -2.18. The Hall–Kier alpha value is -1.65. The molecule has 0 unspecified atom stereocenters. The highest BCUT2D eigenvalue weighted by molar-refractivity contribution is 7.91. The molecule has 0 saturated carbocycles. The molecule has 8 nitrogen and oxygen atoms in total. The van der Waals surface area contributed by atoms with Crippen LogP contribution in [0.25, 0.3) is 0 Å². The molecule has 0 bridgehead atoms. The zero-order valence-electron chi connectivity index (χ0n) is 13.8. The summed E-state index contributed by atoms with van der Waals surface area (Å²) in [5.74, 6) is -1.45. The molecule has 0 amide bonds. The molecule has 2 N–H and O–H groups in total. The normalized spacial score (nSPS) is 13.7. The predicted molar refractivity (Wildman–Crippen MR) is 87.3 cm³/mol. The van der Waals surface area contributed by atoms with Crippen molar-refractivity contribution in [2.24, 2.45) is 5.92 Å². The molecule has 10 heteroatoms. The molecule has 0 fully saturated rings. The highest BCUT2D eigenvalue weighted by atomic mass is 32.2. The Kier molecular flexibility index (Phi) is 6.37. The smallest absolute Gasteiger partial charge is 0.321 e. The van der Waals surface area contributed by atoms with Gasteiger partial charge in [-0.1, -0.05) is 13.8 Å². The average Bonchev–Trinajstić information content (AvgIpc) is 2.44. The SMILES string of the molecule is COc1ccc(S(C)(=O)=O)cc1S(=O)(=O)N[C@@H](CC(C)C)C(=O)O. The minimum atomic E-state index is -4.30. The van der Waals surface area contributed by atoms with Crippen molar-refractivity contribution >= 4 is 25.8 Å². The number of aliphatic carboxylic acids is 1. The van der Waals surface area contributed by atoms with Crippen LogP contribution >= 0.6 is 0 Å². The van der Waals surface area contributed by atoms with Crippen LogP contribution in [0.5, 0.6) is 5.75 Å². The van der Waals surface area contributed by atoms with Crippen molar-refractivity contribution in [2.45, 2.75) is 36.1 Å². The summed E-state index contributed by atoms with van der Waals surface area (Å²) in [6, 6.07) is 2.05. The highest BCUT2D eigenvalue weighted by Gasteiger charge is 2.29. The minimum Gasteiger partial charge on any atom is -0.495 e. The Bertz CT molecular complexity index is 814. The highest BCUT2D eigenvalue weighted by Crippen LogP contribution is 2.27. The van der Waals surface area contributed by atoms with Crippen LogP contribution in [0.1, 0.15) is 20.3 Å². The molecule has 1 aromatic rings. The third kappa shape index (κ3) is 5.18. The second-order valence-electron chi connectivity index (χ2n) is 5.73. The Balaban J connectivity index is 3.37. The van der Waals surface area contributed by atoms with Crippen LogP contribution in [-0.2, 0) is 24.7 Å². The van der Waals surface area contributed by atoms with E-state index < -0.39 is 36.8 Å². The predicted octanol–water partition coefficient (Wildman–Crippen LogP) is 0.876. The first-order valence-electron chi connectivity index (χ1n) is 7.01. The lowest BCUT2D eigenvalue weighted by molar-refractivity contribution is -0.139. The molecule has 1 rings (SSSR count). The summed E-state index contributed by atoms with van der Waals surface area (Å²) in [6.07, 6.45) is 1.03. The van der Waals surface area contributed by atoms with E-state index in [1.54, 1.807) is 13.8 Å². The summed E-state index contributed by atoms with van der Waals surface area (Å²) < 4.78 is 55.4. The van der Waals surface area contributed by atoms with Crippen LogP contribution in [-0.4, -0.2) is 47.3 Å². The van der Waals surface area contributed by atoms with E-state index >= 15 is 0 Å². The Labute approximate surface area is 141 Å². The lowest BCUT2D eigenvalue weighted by Crippen LogP contribution is -2.41. The van der Waals surface area contributed by atoms with Crippen LogP contribution in [0.2, 0.25) is 0 Å². The zero-order chi connectivity index (χ0) is 18.7. The largest absolute Gasteiger partial charge is 0.495 e. The molecule has 1 aromatic carbocycles. The van der Waals surface area contributed by atoms with Crippen molar-refractivity contribution in [3.63, 3.8) is 0 Å². The molecule has 0 aliphatic heterocycles. The third-order valence-electron chi connectivity index (χ3n) is 3.16. The standard InChI is InChI=1S/C14H21NO7S2/c1-9(2)7-11(14(16)17)15-24(20,21)13-8-10(23(4,18)19)5-6-12(13)22-3/h5-6,8-9,11,15H,7H2,1-4H3,(H,16,17)/t11-/m0/s1. The van der Waals surface area contributed by atoms with Gasteiger partial charge in [0.2, 0.25) is 10.0 Å². The van der Waals surface area contributed by atoms with Gasteiger partial charge < -0.3 is 9.84 Å². The molecular weight excluding hydrogens is 358 g/mol. The number of sulfonamides is 1. The van der Waals surface area contributed by atoms with E-state index in [1.165, 1.54) is 19.2 Å². The number of carboxylic acids is 1. The molecule has 0 aromatic heterocycles. The summed E-state index contributed by atoms with van der Waals surface area (Å²) in [6.45, 7) is 3.52. The quantitative estimate of drug-likeness (QED) is 0.686. The molecule has 0 spiro atoms. The zero-order valence-corrected chi connectivity index (χ0v) is 15.4. The number of hydrogen-bond acceptors (Lipinski definition) is 6. The van der Waals surface area contributed by atoms with E-state index in [0.717, 1.165) is 12.3 Å². The first-order chi connectivity index (χ1) is 10.9. The molecule has 0 heterocycles. The van der Waals surface area contributed by atoms with Crippen LogP contribution in [0, 0.1) is 5.92 Å². The molecular formula is C14H21NO7S2. The Morgan fingerprint density at radius 2 is 1.83 bits per heavy atom. The van der Waals surface area contributed by atoms with Gasteiger partial charge in [0, 0.05) is 6.26 Å². The van der Waals surface area contributed by atoms with Crippen LogP contribution in [0.3, 0.4) is 0 Å². The topological polar surface area (TPSA) is 127 Å². The van der Waals surface area contributed by atoms with Gasteiger partial charge in [0.05, 0.1) is 12.0 Å². The van der Waals surface area contributed by atoms with Crippen LogP contribution in [0.4, 0.5) is 0 Å². The number of sulfone groups is 1. The number of carboxylic acid groups (broad SMARTS) is 1. The van der Waals surface area contributed by atoms with Gasteiger partial charge in [0.1, 0.15) is 16.7 Å². The number of ether oxygens (including phenoxy) is 1. The van der Waals surface area contributed by atoms with Gasteiger partial charge in [0.15, 0.2) is 9.84 Å². The molecule has 0 radical (unpaired) electrons. The van der Waals surface area contributed by atoms with Gasteiger partial charge in [-0.3, -0.25) is 4.79 Å². The van der Waals surface area contributed by atoms with Crippen molar-refractivity contribution in [2.75, 3.05) is 13.4 Å². The van der Waals surface area contributed by atoms with Gasteiger partial charge in [-0.2, -0.15) is 4.72 Å². The summed E-state index contributed by atoms with van der Waals surface area (Å²) in [7, 11) is -6.70. The fourth-order valence-corrected chi connectivity index (χ4v) is 4.14. The van der Waals surface area contributed by atoms with Gasteiger partial charge in [0.25, 0.3) is 0 Å². The summed E-state index contributed by atoms with van der Waals surface area (Å²) in [4.78, 5) is 10.6. The second-order valence-corrected chi connectivity index (χ2v) is 9.42. The molecule has 136 valence electrons. The fourth-order valence-electron chi connectivity index (χ4n) is 2.02. The van der Waals surface area contributed by atoms with Gasteiger partial charge >= 0.3 is 5.97 Å². The Morgan fingerprint density at radius 3 is 2.25 bits per heavy atom. The number of methoxy groups -OCH3 is 1. The van der Waals surface area contributed by atoms with E-state index in [4.69, 9.17) is 4.74 Å². The number of carbonyl (C=O) groups is 1. The molecule has 0 saturated heterocycles. The fraction of sp³-hybridized carbons (Fsp3) is 0.500. The maximum Gasteiger partial charge on any atom is 0.321 e. The van der Waals surface area contributed by atoms with E-state index in [0.29, 0.717) is 0 Å². The van der Waals surface area contributed by atoms with Gasteiger partial charge in [-0.15, -0.1) is 0 Å². The number of rotatable bonds is 8. The summed E-state index contributed by atoms with van der Waals surface area (Å²) >= 11 is 0. The third-order valence-corrected chi connectivity index (χ3v) is 5.76. The number of nitrogens with one attached hydrogen (secondary N) is 1. The van der Waals surface area contributed by atoms with E-state index in [-0.39, 0.29) is 23.0 Å². The maximum absolute atomic E-state index is 12.5. The van der Waals surface area contributed by atoms with Crippen molar-refractivity contribution in [1.29, 1.82) is 0 Å². The van der Waals surface area contributed by atoms with Crippen LogP contribution < -0.4 is 9.46 Å². The van der Waals surface area contributed by atoms with Crippen molar-refractivity contribution in [1.82, 2.24) is 4.72 Å². The number of hydrogen-bond donors (Lipinski definition) is 2. The van der Waals surface area contributed by atoms with E-state index in [2.05, 4.69) is 4.72 Å².